The normalized spacial score (nSPS) is 14.5. The highest BCUT2D eigenvalue weighted by Gasteiger charge is 2.30. The van der Waals surface area contributed by atoms with Crippen molar-refractivity contribution in [3.05, 3.63) is 122 Å². The summed E-state index contributed by atoms with van der Waals surface area (Å²) in [6.07, 6.45) is 84.6. The predicted molar refractivity (Wildman–Crippen MR) is 427 cm³/mol. The van der Waals surface area contributed by atoms with Crippen LogP contribution in [-0.4, -0.2) is 96.7 Å². The Bertz CT molecular complexity index is 2440. The summed E-state index contributed by atoms with van der Waals surface area (Å²) in [5.41, 5.74) is 0. The Hall–Kier alpha value is -4.54. The van der Waals surface area contributed by atoms with Gasteiger partial charge in [0, 0.05) is 25.7 Å². The van der Waals surface area contributed by atoms with Crippen molar-refractivity contribution in [2.45, 2.75) is 354 Å². The Morgan fingerprint density at radius 2 is 0.510 bits per heavy atom. The van der Waals surface area contributed by atoms with Gasteiger partial charge in [0.15, 0.2) is 12.2 Å². The lowest BCUT2D eigenvalue weighted by atomic mass is 10.0. The van der Waals surface area contributed by atoms with Crippen LogP contribution in [0.15, 0.2) is 122 Å². The van der Waals surface area contributed by atoms with Crippen molar-refractivity contribution in [2.24, 2.45) is 0 Å². The summed E-state index contributed by atoms with van der Waals surface area (Å²) >= 11 is 0. The minimum Gasteiger partial charge on any atom is -0.462 e. The molecule has 3 N–H and O–H groups in total. The van der Waals surface area contributed by atoms with Gasteiger partial charge in [-0.05, 0) is 128 Å². The van der Waals surface area contributed by atoms with E-state index in [0.29, 0.717) is 32.1 Å². The molecule has 0 fully saturated rings. The maximum atomic E-state index is 13.1. The molecular formula is C85H146O17P2. The first-order valence-electron chi connectivity index (χ1n) is 40.8. The summed E-state index contributed by atoms with van der Waals surface area (Å²) in [4.78, 5) is 73.1. The molecule has 0 aromatic carbocycles. The van der Waals surface area contributed by atoms with E-state index in [-0.39, 0.29) is 25.7 Å². The maximum Gasteiger partial charge on any atom is 0.472 e. The number of unbranched alkanes of at least 4 members (excludes halogenated alkanes) is 30. The smallest absolute Gasteiger partial charge is 0.462 e. The molecule has 0 amide bonds. The molecule has 19 heteroatoms. The summed E-state index contributed by atoms with van der Waals surface area (Å²) in [7, 11) is -9.98. The van der Waals surface area contributed by atoms with Crippen LogP contribution in [0.1, 0.15) is 336 Å². The summed E-state index contributed by atoms with van der Waals surface area (Å²) in [5.74, 6) is -2.27. The summed E-state index contributed by atoms with van der Waals surface area (Å²) in [5, 5.41) is 10.6. The van der Waals surface area contributed by atoms with Crippen LogP contribution in [0.4, 0.5) is 0 Å². The summed E-state index contributed by atoms with van der Waals surface area (Å²) in [6.45, 7) is 4.58. The predicted octanol–water partition coefficient (Wildman–Crippen LogP) is 23.9. The molecule has 5 atom stereocenters. The molecule has 0 saturated heterocycles. The molecule has 0 aromatic rings. The molecule has 0 heterocycles. The van der Waals surface area contributed by atoms with Gasteiger partial charge < -0.3 is 33.8 Å². The van der Waals surface area contributed by atoms with Crippen LogP contribution in [0.25, 0.3) is 0 Å². The third kappa shape index (κ3) is 75.7. The Labute approximate surface area is 632 Å². The van der Waals surface area contributed by atoms with Crippen LogP contribution in [0.3, 0.4) is 0 Å². The van der Waals surface area contributed by atoms with E-state index >= 15 is 0 Å². The van der Waals surface area contributed by atoms with Gasteiger partial charge in [-0.3, -0.25) is 37.3 Å². The number of hydrogen-bond donors (Lipinski definition) is 3. The molecule has 17 nitrogen and oxygen atoms in total. The zero-order chi connectivity index (χ0) is 76.0. The van der Waals surface area contributed by atoms with Gasteiger partial charge in [-0.15, -0.1) is 0 Å². The second kappa shape index (κ2) is 76.6. The number of phosphoric ester groups is 2. The SMILES string of the molecule is CC/C=C\C/C=C\C/C=C\C/C=C\C/C=C\CCCC(=O)OCC(COP(=O)(O)OCC(O)COP(=O)(O)OCC(COC(=O)CCCCCCC/C=C\CCCCCCCC)OC(=O)CCCCCCCCCCCCCCCCC)OC(=O)CCCCCC/C=C\C/C=C\C/C=C\C/C=C\CC. The van der Waals surface area contributed by atoms with Gasteiger partial charge in [0.2, 0.25) is 0 Å². The number of rotatable bonds is 76. The van der Waals surface area contributed by atoms with Crippen molar-refractivity contribution < 1.29 is 80.2 Å². The molecule has 5 unspecified atom stereocenters. The zero-order valence-corrected chi connectivity index (χ0v) is 67.2. The molecule has 0 aliphatic carbocycles. The molecule has 0 spiro atoms. The maximum absolute atomic E-state index is 13.1. The fraction of sp³-hybridized carbons (Fsp3) is 0.718. The minimum atomic E-state index is -5.00. The van der Waals surface area contributed by atoms with Crippen LogP contribution >= 0.6 is 15.6 Å². The molecule has 0 aromatic heterocycles. The van der Waals surface area contributed by atoms with E-state index in [0.717, 1.165) is 148 Å². The Morgan fingerprint density at radius 3 is 0.817 bits per heavy atom. The van der Waals surface area contributed by atoms with Crippen molar-refractivity contribution in [2.75, 3.05) is 39.6 Å². The summed E-state index contributed by atoms with van der Waals surface area (Å²) < 4.78 is 68.6. The van der Waals surface area contributed by atoms with E-state index in [2.05, 4.69) is 137 Å². The summed E-state index contributed by atoms with van der Waals surface area (Å²) in [6, 6.07) is 0. The molecule has 0 saturated carbocycles. The zero-order valence-electron chi connectivity index (χ0n) is 65.4. The van der Waals surface area contributed by atoms with E-state index in [1.807, 2.05) is 12.2 Å². The largest absolute Gasteiger partial charge is 0.472 e. The standard InChI is InChI=1S/C85H146O17P2/c1-5-9-13-17-21-25-29-33-37-39-43-46-50-54-58-62-66-70-83(88)96-76-81(102-85(90)72-68-64-60-56-52-48-44-40-38-34-30-26-22-18-14-10-6-2)78-100-104(93,94)98-74-79(86)73-97-103(91,92)99-77-80(101-84(89)71-67-63-59-55-51-47-42-36-32-28-24-20-16-12-8-4)75-95-82(87)69-65-61-57-53-49-45-41-35-31-27-23-19-15-11-7-3/h9-10,13-14,21-22,25-26,33-35,37-38,41,43-44,46,48,54,58,79-81,86H,5-8,11-12,15-20,23-24,27-32,36,39-40,42,45,47,49-53,55-57,59-78H2,1-4H3,(H,91,92)(H,93,94)/b13-9-,14-10-,25-21-,26-22-,37-33-,38-34-,41-35-,46-43-,48-44-,58-54-. The minimum absolute atomic E-state index is 0.0523. The van der Waals surface area contributed by atoms with Gasteiger partial charge in [0.05, 0.1) is 26.4 Å². The molecular weight excluding hydrogens is 1350 g/mol. The second-order valence-electron chi connectivity index (χ2n) is 27.0. The number of phosphoric acid groups is 2. The molecule has 598 valence electrons. The Balaban J connectivity index is 5.44. The van der Waals surface area contributed by atoms with Gasteiger partial charge >= 0.3 is 39.5 Å². The lowest BCUT2D eigenvalue weighted by Crippen LogP contribution is -2.30. The average Bonchev–Trinajstić information content (AvgIpc) is 0.926. The van der Waals surface area contributed by atoms with E-state index in [1.165, 1.54) is 103 Å². The number of carbonyl (C=O) groups is 4. The lowest BCUT2D eigenvalue weighted by molar-refractivity contribution is -0.161. The fourth-order valence-electron chi connectivity index (χ4n) is 10.8. The van der Waals surface area contributed by atoms with Crippen molar-refractivity contribution in [3.63, 3.8) is 0 Å². The van der Waals surface area contributed by atoms with Gasteiger partial charge in [-0.1, -0.05) is 303 Å². The van der Waals surface area contributed by atoms with E-state index in [9.17, 15) is 43.2 Å². The lowest BCUT2D eigenvalue weighted by Gasteiger charge is -2.21. The third-order valence-corrected chi connectivity index (χ3v) is 18.8. The number of allylic oxidation sites excluding steroid dienone is 20. The van der Waals surface area contributed by atoms with Crippen LogP contribution in [0.2, 0.25) is 0 Å². The number of hydrogen-bond acceptors (Lipinski definition) is 15. The molecule has 0 rings (SSSR count). The van der Waals surface area contributed by atoms with Gasteiger partial charge in [-0.25, -0.2) is 9.13 Å². The Morgan fingerprint density at radius 1 is 0.279 bits per heavy atom. The first-order chi connectivity index (χ1) is 50.7. The van der Waals surface area contributed by atoms with Crippen molar-refractivity contribution in [3.8, 4) is 0 Å². The van der Waals surface area contributed by atoms with Crippen molar-refractivity contribution in [1.29, 1.82) is 0 Å². The van der Waals surface area contributed by atoms with E-state index in [4.69, 9.17) is 37.0 Å². The third-order valence-electron chi connectivity index (χ3n) is 16.9. The topological polar surface area (TPSA) is 237 Å². The first kappa shape index (κ1) is 99.5. The quantitative estimate of drug-likeness (QED) is 0.0169. The van der Waals surface area contributed by atoms with Gasteiger partial charge in [0.25, 0.3) is 0 Å². The van der Waals surface area contributed by atoms with Gasteiger partial charge in [0.1, 0.15) is 19.3 Å². The molecule has 104 heavy (non-hydrogen) atoms. The highest BCUT2D eigenvalue weighted by atomic mass is 31.2. The molecule has 0 aliphatic heterocycles. The number of ether oxygens (including phenoxy) is 4. The van der Waals surface area contributed by atoms with E-state index in [1.54, 1.807) is 0 Å². The second-order valence-corrected chi connectivity index (χ2v) is 29.9. The highest BCUT2D eigenvalue weighted by molar-refractivity contribution is 7.47. The van der Waals surface area contributed by atoms with E-state index < -0.39 is 97.5 Å². The number of esters is 4. The monoisotopic (exact) mass is 1500 g/mol. The van der Waals surface area contributed by atoms with Crippen LogP contribution < -0.4 is 0 Å². The Kier molecular flexibility index (Phi) is 73.3. The van der Waals surface area contributed by atoms with Crippen LogP contribution in [-0.2, 0) is 65.4 Å². The number of aliphatic hydroxyl groups is 1. The molecule has 0 aliphatic rings. The first-order valence-corrected chi connectivity index (χ1v) is 43.8. The van der Waals surface area contributed by atoms with Crippen LogP contribution in [0, 0.1) is 0 Å². The molecule has 0 radical (unpaired) electrons. The number of carbonyl (C=O) groups excluding carboxylic acids is 4. The van der Waals surface area contributed by atoms with Gasteiger partial charge in [-0.2, -0.15) is 0 Å². The van der Waals surface area contributed by atoms with Crippen molar-refractivity contribution >= 4 is 39.5 Å². The fourth-order valence-corrected chi connectivity index (χ4v) is 12.4. The average molecular weight is 1500 g/mol. The number of aliphatic hydroxyl groups excluding tert-OH is 1. The molecule has 0 bridgehead atoms. The van der Waals surface area contributed by atoms with Crippen molar-refractivity contribution in [1.82, 2.24) is 0 Å². The highest BCUT2D eigenvalue weighted by Crippen LogP contribution is 2.45. The van der Waals surface area contributed by atoms with Crippen LogP contribution in [0.5, 0.6) is 0 Å².